The average Bonchev–Trinajstić information content (AvgIpc) is 1.98. The van der Waals surface area contributed by atoms with Crippen LogP contribution in [0.5, 0.6) is 0 Å². The van der Waals surface area contributed by atoms with Crippen LogP contribution in [-0.2, 0) is 0 Å². The Morgan fingerprint density at radius 2 is 1.86 bits per heavy atom. The van der Waals surface area contributed by atoms with E-state index in [9.17, 15) is 13.2 Å². The lowest BCUT2D eigenvalue weighted by atomic mass is 10.1. The fraction of sp³-hybridized carbons (Fsp3) is 1.00. The lowest BCUT2D eigenvalue weighted by Gasteiger charge is -2.20. The summed E-state index contributed by atoms with van der Waals surface area (Å²) in [7, 11) is 1.46. The van der Waals surface area contributed by atoms with Gasteiger partial charge in [-0.25, -0.2) is 0 Å². The van der Waals surface area contributed by atoms with Crippen molar-refractivity contribution in [3.8, 4) is 0 Å². The molecule has 2 N–H and O–H groups in total. The maximum absolute atomic E-state index is 11.9. The minimum absolute atomic E-state index is 0.0238. The predicted octanol–water partition coefficient (Wildman–Crippen LogP) is 2.00. The van der Waals surface area contributed by atoms with Crippen molar-refractivity contribution in [3.63, 3.8) is 0 Å². The van der Waals surface area contributed by atoms with Crippen molar-refractivity contribution in [1.82, 2.24) is 4.90 Å². The Morgan fingerprint density at radius 1 is 1.29 bits per heavy atom. The van der Waals surface area contributed by atoms with Gasteiger partial charge in [0.2, 0.25) is 0 Å². The second-order valence-electron chi connectivity index (χ2n) is 3.69. The average molecular weight is 212 g/mol. The van der Waals surface area contributed by atoms with Gasteiger partial charge in [0.25, 0.3) is 0 Å². The van der Waals surface area contributed by atoms with E-state index in [1.807, 2.05) is 6.92 Å². The third-order valence-electron chi connectivity index (χ3n) is 1.99. The number of hydrogen-bond acceptors (Lipinski definition) is 2. The van der Waals surface area contributed by atoms with E-state index in [0.717, 1.165) is 12.8 Å². The van der Waals surface area contributed by atoms with Crippen LogP contribution in [0.25, 0.3) is 0 Å². The summed E-state index contributed by atoms with van der Waals surface area (Å²) in [6.45, 7) is 1.56. The molecule has 0 aromatic carbocycles. The highest BCUT2D eigenvalue weighted by Crippen LogP contribution is 2.15. The first-order valence-electron chi connectivity index (χ1n) is 4.86. The molecule has 0 aliphatic carbocycles. The quantitative estimate of drug-likeness (QED) is 0.729. The van der Waals surface area contributed by atoms with E-state index >= 15 is 0 Å². The zero-order valence-electron chi connectivity index (χ0n) is 8.77. The van der Waals surface area contributed by atoms with Crippen molar-refractivity contribution in [2.45, 2.75) is 38.4 Å². The molecule has 1 atom stereocenters. The van der Waals surface area contributed by atoms with Gasteiger partial charge in [-0.05, 0) is 26.4 Å². The first kappa shape index (κ1) is 13.7. The first-order valence-corrected chi connectivity index (χ1v) is 4.86. The van der Waals surface area contributed by atoms with E-state index in [1.54, 1.807) is 0 Å². The molecule has 0 saturated heterocycles. The minimum atomic E-state index is -4.11. The Labute approximate surface area is 83.3 Å². The van der Waals surface area contributed by atoms with Crippen LogP contribution in [0.15, 0.2) is 0 Å². The van der Waals surface area contributed by atoms with E-state index in [2.05, 4.69) is 0 Å². The molecule has 0 rings (SSSR count). The summed E-state index contributed by atoms with van der Waals surface area (Å²) in [5, 5.41) is 0. The molecule has 5 heteroatoms. The molecule has 2 nitrogen and oxygen atoms in total. The van der Waals surface area contributed by atoms with E-state index < -0.39 is 12.7 Å². The van der Waals surface area contributed by atoms with Gasteiger partial charge in [-0.2, -0.15) is 13.2 Å². The van der Waals surface area contributed by atoms with E-state index in [4.69, 9.17) is 5.73 Å². The zero-order valence-corrected chi connectivity index (χ0v) is 8.77. The number of rotatable bonds is 6. The lowest BCUT2D eigenvalue weighted by Crippen LogP contribution is -2.34. The molecule has 0 saturated carbocycles. The van der Waals surface area contributed by atoms with Crippen LogP contribution in [-0.4, -0.2) is 37.3 Å². The molecule has 1 unspecified atom stereocenters. The van der Waals surface area contributed by atoms with Gasteiger partial charge in [-0.15, -0.1) is 0 Å². The van der Waals surface area contributed by atoms with E-state index in [0.29, 0.717) is 13.0 Å². The number of halogens is 3. The maximum atomic E-state index is 11.9. The Kier molecular flexibility index (Phi) is 6.11. The third kappa shape index (κ3) is 8.31. The predicted molar refractivity (Wildman–Crippen MR) is 51.1 cm³/mol. The summed E-state index contributed by atoms with van der Waals surface area (Å²) < 4.78 is 35.7. The molecule has 0 aliphatic rings. The van der Waals surface area contributed by atoms with Crippen LogP contribution >= 0.6 is 0 Å². The van der Waals surface area contributed by atoms with Crippen molar-refractivity contribution in [2.24, 2.45) is 5.73 Å². The van der Waals surface area contributed by atoms with Crippen molar-refractivity contribution in [2.75, 3.05) is 20.1 Å². The largest absolute Gasteiger partial charge is 0.401 e. The summed E-state index contributed by atoms with van der Waals surface area (Å²) in [5.74, 6) is 0. The molecule has 0 aromatic heterocycles. The normalized spacial score (nSPS) is 14.8. The fourth-order valence-electron chi connectivity index (χ4n) is 1.29. The van der Waals surface area contributed by atoms with Gasteiger partial charge in [0.05, 0.1) is 6.54 Å². The second-order valence-corrected chi connectivity index (χ2v) is 3.69. The fourth-order valence-corrected chi connectivity index (χ4v) is 1.29. The summed E-state index contributed by atoms with van der Waals surface area (Å²) in [6.07, 6.45) is -1.63. The van der Waals surface area contributed by atoms with E-state index in [-0.39, 0.29) is 6.04 Å². The minimum Gasteiger partial charge on any atom is -0.328 e. The third-order valence-corrected chi connectivity index (χ3v) is 1.99. The highest BCUT2D eigenvalue weighted by molar-refractivity contribution is 4.65. The van der Waals surface area contributed by atoms with Crippen LogP contribution in [0.2, 0.25) is 0 Å². The molecular formula is C9H19F3N2. The number of hydrogen-bond donors (Lipinski definition) is 1. The molecule has 0 bridgehead atoms. The smallest absolute Gasteiger partial charge is 0.328 e. The van der Waals surface area contributed by atoms with Gasteiger partial charge >= 0.3 is 6.18 Å². The van der Waals surface area contributed by atoms with Crippen LogP contribution in [0.1, 0.15) is 26.2 Å². The van der Waals surface area contributed by atoms with Gasteiger partial charge in [-0.3, -0.25) is 4.90 Å². The lowest BCUT2D eigenvalue weighted by molar-refractivity contribution is -0.143. The maximum Gasteiger partial charge on any atom is 0.401 e. The molecule has 14 heavy (non-hydrogen) atoms. The van der Waals surface area contributed by atoms with Gasteiger partial charge < -0.3 is 5.73 Å². The number of alkyl halides is 3. The molecule has 0 spiro atoms. The summed E-state index contributed by atoms with van der Waals surface area (Å²) in [4.78, 5) is 1.26. The highest BCUT2D eigenvalue weighted by Gasteiger charge is 2.28. The highest BCUT2D eigenvalue weighted by atomic mass is 19.4. The number of nitrogens with two attached hydrogens (primary N) is 1. The standard InChI is InChI=1S/C9H19F3N2/c1-3-4-8(13)5-6-14(2)7-9(10,11)12/h8H,3-7,13H2,1-2H3. The Morgan fingerprint density at radius 3 is 2.29 bits per heavy atom. The molecule has 0 aliphatic heterocycles. The van der Waals surface area contributed by atoms with Crippen LogP contribution in [0, 0.1) is 0 Å². The van der Waals surface area contributed by atoms with Crippen molar-refractivity contribution < 1.29 is 13.2 Å². The summed E-state index contributed by atoms with van der Waals surface area (Å²) in [5.41, 5.74) is 5.69. The summed E-state index contributed by atoms with van der Waals surface area (Å²) >= 11 is 0. The van der Waals surface area contributed by atoms with Crippen molar-refractivity contribution in [3.05, 3.63) is 0 Å². The van der Waals surface area contributed by atoms with E-state index in [1.165, 1.54) is 11.9 Å². The first-order chi connectivity index (χ1) is 6.35. The van der Waals surface area contributed by atoms with Gasteiger partial charge in [-0.1, -0.05) is 13.3 Å². The Bertz CT molecular complexity index is 147. The molecule has 0 fully saturated rings. The van der Waals surface area contributed by atoms with Crippen molar-refractivity contribution >= 4 is 0 Å². The second kappa shape index (κ2) is 6.24. The van der Waals surface area contributed by atoms with Crippen LogP contribution in [0.4, 0.5) is 13.2 Å². The zero-order chi connectivity index (χ0) is 11.2. The van der Waals surface area contributed by atoms with Gasteiger partial charge in [0.15, 0.2) is 0 Å². The monoisotopic (exact) mass is 212 g/mol. The summed E-state index contributed by atoms with van der Waals surface area (Å²) in [6, 6.07) is 0.0238. The molecular weight excluding hydrogens is 193 g/mol. The van der Waals surface area contributed by atoms with Crippen molar-refractivity contribution in [1.29, 1.82) is 0 Å². The van der Waals surface area contributed by atoms with Crippen LogP contribution < -0.4 is 5.73 Å². The molecule has 0 aromatic rings. The molecule has 0 amide bonds. The Balaban J connectivity index is 3.58. The molecule has 0 radical (unpaired) electrons. The number of nitrogens with zero attached hydrogens (tertiary/aromatic N) is 1. The Hall–Kier alpha value is -0.290. The topological polar surface area (TPSA) is 29.3 Å². The van der Waals surface area contributed by atoms with Crippen LogP contribution in [0.3, 0.4) is 0 Å². The van der Waals surface area contributed by atoms with Gasteiger partial charge in [0, 0.05) is 6.04 Å². The SMILES string of the molecule is CCCC(N)CCN(C)CC(F)(F)F. The molecule has 86 valence electrons. The van der Waals surface area contributed by atoms with Gasteiger partial charge in [0.1, 0.15) is 0 Å². The molecule has 0 heterocycles.